The molecular formula is C20H19ClN2O. The van der Waals surface area contributed by atoms with Gasteiger partial charge < -0.3 is 10.6 Å². The molecule has 0 aliphatic rings. The van der Waals surface area contributed by atoms with Gasteiger partial charge in [-0.1, -0.05) is 60.1 Å². The number of para-hydroxylation sites is 1. The third kappa shape index (κ3) is 4.06. The Hall–Kier alpha value is -2.52. The van der Waals surface area contributed by atoms with Crippen molar-refractivity contribution in [2.75, 3.05) is 5.32 Å². The zero-order valence-electron chi connectivity index (χ0n) is 13.4. The molecular weight excluding hydrogens is 320 g/mol. The van der Waals surface area contributed by atoms with Gasteiger partial charge >= 0.3 is 6.03 Å². The van der Waals surface area contributed by atoms with Crippen molar-refractivity contribution in [3.8, 4) is 0 Å². The fourth-order valence-electron chi connectivity index (χ4n) is 2.76. The van der Waals surface area contributed by atoms with Crippen LogP contribution in [0.2, 0.25) is 5.02 Å². The summed E-state index contributed by atoms with van der Waals surface area (Å²) in [6, 6.07) is 21.3. The molecule has 0 aliphatic heterocycles. The van der Waals surface area contributed by atoms with Crippen LogP contribution in [0.1, 0.15) is 12.5 Å². The van der Waals surface area contributed by atoms with Gasteiger partial charge in [0.1, 0.15) is 0 Å². The van der Waals surface area contributed by atoms with Gasteiger partial charge in [0.15, 0.2) is 0 Å². The van der Waals surface area contributed by atoms with Gasteiger partial charge in [-0.3, -0.25) is 0 Å². The van der Waals surface area contributed by atoms with Crippen LogP contribution >= 0.6 is 11.6 Å². The van der Waals surface area contributed by atoms with Gasteiger partial charge in [0.05, 0.1) is 0 Å². The summed E-state index contributed by atoms with van der Waals surface area (Å²) in [5, 5.41) is 8.67. The lowest BCUT2D eigenvalue weighted by atomic mass is 10.0. The second-order valence-corrected chi connectivity index (χ2v) is 6.28. The molecule has 1 atom stereocenters. The van der Waals surface area contributed by atoms with Crippen molar-refractivity contribution >= 4 is 34.1 Å². The number of carbonyl (C=O) groups excluding carboxylic acids is 1. The molecule has 0 aliphatic carbocycles. The van der Waals surface area contributed by atoms with E-state index in [0.29, 0.717) is 6.42 Å². The fraction of sp³-hybridized carbons (Fsp3) is 0.150. The number of rotatable bonds is 4. The topological polar surface area (TPSA) is 41.1 Å². The molecule has 0 aromatic heterocycles. The minimum Gasteiger partial charge on any atom is -0.335 e. The van der Waals surface area contributed by atoms with E-state index in [1.165, 1.54) is 0 Å². The van der Waals surface area contributed by atoms with E-state index in [1.54, 1.807) is 0 Å². The number of nitrogens with one attached hydrogen (secondary N) is 2. The molecule has 0 heterocycles. The van der Waals surface area contributed by atoms with E-state index in [1.807, 2.05) is 67.6 Å². The van der Waals surface area contributed by atoms with Crippen LogP contribution in [0.25, 0.3) is 10.8 Å². The number of fused-ring (bicyclic) bond motifs is 1. The Bertz CT molecular complexity index is 849. The summed E-state index contributed by atoms with van der Waals surface area (Å²) in [4.78, 5) is 12.0. The number of carbonyl (C=O) groups is 1. The molecule has 2 N–H and O–H groups in total. The van der Waals surface area contributed by atoms with Crippen molar-refractivity contribution in [3.05, 3.63) is 77.3 Å². The third-order valence-corrected chi connectivity index (χ3v) is 4.13. The molecule has 3 nitrogen and oxygen atoms in total. The van der Waals surface area contributed by atoms with Crippen LogP contribution in [0.3, 0.4) is 0 Å². The van der Waals surface area contributed by atoms with Gasteiger partial charge in [0.25, 0.3) is 0 Å². The van der Waals surface area contributed by atoms with E-state index in [0.717, 1.165) is 27.0 Å². The molecule has 24 heavy (non-hydrogen) atoms. The molecule has 0 saturated heterocycles. The van der Waals surface area contributed by atoms with Crippen LogP contribution in [-0.4, -0.2) is 12.1 Å². The first kappa shape index (κ1) is 16.3. The van der Waals surface area contributed by atoms with E-state index in [2.05, 4.69) is 16.7 Å². The van der Waals surface area contributed by atoms with Crippen molar-refractivity contribution in [2.24, 2.45) is 0 Å². The molecule has 0 radical (unpaired) electrons. The Morgan fingerprint density at radius 1 is 1.04 bits per heavy atom. The Balaban J connectivity index is 1.64. The van der Waals surface area contributed by atoms with Crippen molar-refractivity contribution in [1.29, 1.82) is 0 Å². The average molecular weight is 339 g/mol. The SMILES string of the molecule is CC(Cc1cc(Cl)c2ccccc2c1)NC(=O)Nc1ccccc1. The quantitative estimate of drug-likeness (QED) is 0.670. The lowest BCUT2D eigenvalue weighted by Crippen LogP contribution is -2.37. The zero-order valence-corrected chi connectivity index (χ0v) is 14.2. The molecule has 4 heteroatoms. The third-order valence-electron chi connectivity index (χ3n) is 3.82. The van der Waals surface area contributed by atoms with Gasteiger partial charge in [-0.2, -0.15) is 0 Å². The highest BCUT2D eigenvalue weighted by atomic mass is 35.5. The molecule has 2 amide bonds. The largest absolute Gasteiger partial charge is 0.335 e. The van der Waals surface area contributed by atoms with E-state index in [4.69, 9.17) is 11.6 Å². The van der Waals surface area contributed by atoms with Crippen LogP contribution in [0.5, 0.6) is 0 Å². The fourth-order valence-corrected chi connectivity index (χ4v) is 3.07. The van der Waals surface area contributed by atoms with Crippen LogP contribution in [0, 0.1) is 0 Å². The summed E-state index contributed by atoms with van der Waals surface area (Å²) in [5.41, 5.74) is 1.88. The summed E-state index contributed by atoms with van der Waals surface area (Å²) in [6.07, 6.45) is 0.715. The number of benzene rings is 3. The van der Waals surface area contributed by atoms with Gasteiger partial charge in [-0.15, -0.1) is 0 Å². The summed E-state index contributed by atoms with van der Waals surface area (Å²) in [6.45, 7) is 1.98. The maximum Gasteiger partial charge on any atom is 0.319 e. The maximum absolute atomic E-state index is 12.0. The number of hydrogen-bond acceptors (Lipinski definition) is 1. The Morgan fingerprint density at radius 3 is 2.54 bits per heavy atom. The van der Waals surface area contributed by atoms with Crippen molar-refractivity contribution in [1.82, 2.24) is 5.32 Å². The van der Waals surface area contributed by atoms with E-state index >= 15 is 0 Å². The first-order chi connectivity index (χ1) is 11.6. The molecule has 1 unspecified atom stereocenters. The predicted molar refractivity (Wildman–Crippen MR) is 101 cm³/mol. The highest BCUT2D eigenvalue weighted by Crippen LogP contribution is 2.25. The van der Waals surface area contributed by atoms with Crippen LogP contribution < -0.4 is 10.6 Å². The Labute approximate surface area is 146 Å². The highest BCUT2D eigenvalue weighted by Gasteiger charge is 2.10. The molecule has 0 saturated carbocycles. The van der Waals surface area contributed by atoms with Gasteiger partial charge in [0.2, 0.25) is 0 Å². The zero-order chi connectivity index (χ0) is 16.9. The number of anilines is 1. The van der Waals surface area contributed by atoms with Crippen LogP contribution in [0.15, 0.2) is 66.7 Å². The maximum atomic E-state index is 12.0. The Morgan fingerprint density at radius 2 is 1.75 bits per heavy atom. The summed E-state index contributed by atoms with van der Waals surface area (Å²) in [7, 11) is 0. The molecule has 0 bridgehead atoms. The van der Waals surface area contributed by atoms with E-state index in [-0.39, 0.29) is 12.1 Å². The molecule has 3 aromatic rings. The van der Waals surface area contributed by atoms with Crippen molar-refractivity contribution in [2.45, 2.75) is 19.4 Å². The summed E-state index contributed by atoms with van der Waals surface area (Å²) in [5.74, 6) is 0. The minimum atomic E-state index is -0.208. The summed E-state index contributed by atoms with van der Waals surface area (Å²) >= 11 is 6.36. The number of urea groups is 1. The minimum absolute atomic E-state index is 0.00839. The van der Waals surface area contributed by atoms with Crippen molar-refractivity contribution in [3.63, 3.8) is 0 Å². The molecule has 122 valence electrons. The van der Waals surface area contributed by atoms with Crippen LogP contribution in [-0.2, 0) is 6.42 Å². The van der Waals surface area contributed by atoms with E-state index < -0.39 is 0 Å². The normalized spacial score (nSPS) is 11.9. The van der Waals surface area contributed by atoms with Gasteiger partial charge in [-0.25, -0.2) is 4.79 Å². The standard InChI is InChI=1S/C20H19ClN2O/c1-14(22-20(24)23-17-8-3-2-4-9-17)11-15-12-16-7-5-6-10-18(16)19(21)13-15/h2-10,12-14H,11H2,1H3,(H2,22,23,24). The average Bonchev–Trinajstić information content (AvgIpc) is 2.55. The molecule has 3 rings (SSSR count). The van der Waals surface area contributed by atoms with Crippen LogP contribution in [0.4, 0.5) is 10.5 Å². The number of hydrogen-bond donors (Lipinski definition) is 2. The molecule has 0 fully saturated rings. The lowest BCUT2D eigenvalue weighted by Gasteiger charge is -2.15. The summed E-state index contributed by atoms with van der Waals surface area (Å²) < 4.78 is 0. The second-order valence-electron chi connectivity index (χ2n) is 5.87. The molecule has 3 aromatic carbocycles. The highest BCUT2D eigenvalue weighted by molar-refractivity contribution is 6.35. The number of amides is 2. The second kappa shape index (κ2) is 7.37. The van der Waals surface area contributed by atoms with Gasteiger partial charge in [-0.05, 0) is 42.5 Å². The van der Waals surface area contributed by atoms with E-state index in [9.17, 15) is 4.79 Å². The monoisotopic (exact) mass is 338 g/mol. The smallest absolute Gasteiger partial charge is 0.319 e. The van der Waals surface area contributed by atoms with Crippen molar-refractivity contribution < 1.29 is 4.79 Å². The first-order valence-electron chi connectivity index (χ1n) is 7.91. The van der Waals surface area contributed by atoms with Gasteiger partial charge in [0, 0.05) is 22.1 Å². The predicted octanol–water partition coefficient (Wildman–Crippen LogP) is 5.25. The Kier molecular flexibility index (Phi) is 5.02. The number of halogens is 1. The first-order valence-corrected chi connectivity index (χ1v) is 8.29. The lowest BCUT2D eigenvalue weighted by molar-refractivity contribution is 0.249. The molecule has 0 spiro atoms.